The van der Waals surface area contributed by atoms with Gasteiger partial charge in [0.25, 0.3) is 0 Å². The van der Waals surface area contributed by atoms with E-state index >= 15 is 0 Å². The minimum absolute atomic E-state index is 0.0784. The maximum Gasteiger partial charge on any atom is 0.225 e. The van der Waals surface area contributed by atoms with Crippen LogP contribution in [0.4, 0.5) is 0 Å². The molecule has 0 spiro atoms. The fourth-order valence-corrected chi connectivity index (χ4v) is 4.12. The van der Waals surface area contributed by atoms with E-state index in [4.69, 9.17) is 0 Å². The second-order valence-corrected chi connectivity index (χ2v) is 7.35. The summed E-state index contributed by atoms with van der Waals surface area (Å²) in [4.78, 5) is 16.2. The molecule has 1 aliphatic carbocycles. The van der Waals surface area contributed by atoms with E-state index in [2.05, 4.69) is 52.8 Å². The minimum atomic E-state index is 0.0784. The van der Waals surface area contributed by atoms with Crippen LogP contribution >= 0.6 is 11.8 Å². The number of aliphatic imine (C=N–C) groups is 1. The summed E-state index contributed by atoms with van der Waals surface area (Å²) in [6.07, 6.45) is 3.38. The first kappa shape index (κ1) is 15.5. The number of carbonyl (C=O) groups excluding carboxylic acids is 1. The van der Waals surface area contributed by atoms with Crippen molar-refractivity contribution in [1.82, 2.24) is 5.32 Å². The molecule has 1 N–H and O–H groups in total. The molecular weight excluding hydrogens is 316 g/mol. The van der Waals surface area contributed by atoms with Gasteiger partial charge in [0.2, 0.25) is 5.91 Å². The Labute approximate surface area is 146 Å². The van der Waals surface area contributed by atoms with E-state index < -0.39 is 0 Å². The third kappa shape index (κ3) is 3.24. The lowest BCUT2D eigenvalue weighted by Crippen LogP contribution is -2.27. The van der Waals surface area contributed by atoms with Crippen molar-refractivity contribution in [2.75, 3.05) is 12.3 Å². The van der Waals surface area contributed by atoms with E-state index in [0.717, 1.165) is 36.7 Å². The molecule has 0 aromatic heterocycles. The summed E-state index contributed by atoms with van der Waals surface area (Å²) in [5.74, 6) is 1.06. The van der Waals surface area contributed by atoms with Crippen LogP contribution in [0.25, 0.3) is 11.1 Å². The number of amides is 1. The summed E-state index contributed by atoms with van der Waals surface area (Å²) in [5.41, 5.74) is 6.87. The van der Waals surface area contributed by atoms with Gasteiger partial charge in [0.15, 0.2) is 5.17 Å². The Morgan fingerprint density at radius 2 is 2.00 bits per heavy atom. The number of hydrogen-bond acceptors (Lipinski definition) is 3. The number of nitrogens with one attached hydrogen (secondary N) is 1. The van der Waals surface area contributed by atoms with Crippen LogP contribution in [0, 0.1) is 0 Å². The van der Waals surface area contributed by atoms with Gasteiger partial charge in [0, 0.05) is 12.2 Å². The second kappa shape index (κ2) is 6.81. The molecule has 0 atom stereocenters. The molecule has 2 aromatic carbocycles. The smallest absolute Gasteiger partial charge is 0.225 e. The highest BCUT2D eigenvalue weighted by Crippen LogP contribution is 2.36. The SMILES string of the molecule is O=C(CCCc1ccc2c(c1)-c1ccccc1C2)NC1=NCCS1. The monoisotopic (exact) mass is 336 g/mol. The van der Waals surface area contributed by atoms with Crippen molar-refractivity contribution in [1.29, 1.82) is 0 Å². The van der Waals surface area contributed by atoms with Crippen LogP contribution in [0.2, 0.25) is 0 Å². The van der Waals surface area contributed by atoms with Gasteiger partial charge in [-0.2, -0.15) is 0 Å². The predicted octanol–water partition coefficient (Wildman–Crippen LogP) is 3.80. The number of thioether (sulfide) groups is 1. The Morgan fingerprint density at radius 3 is 2.88 bits per heavy atom. The van der Waals surface area contributed by atoms with Gasteiger partial charge < -0.3 is 5.32 Å². The van der Waals surface area contributed by atoms with Crippen molar-refractivity contribution < 1.29 is 4.79 Å². The van der Waals surface area contributed by atoms with Gasteiger partial charge >= 0.3 is 0 Å². The molecule has 0 saturated heterocycles. The van der Waals surface area contributed by atoms with Crippen LogP contribution in [-0.2, 0) is 17.6 Å². The highest BCUT2D eigenvalue weighted by atomic mass is 32.2. The highest BCUT2D eigenvalue weighted by Gasteiger charge is 2.17. The third-order valence-electron chi connectivity index (χ3n) is 4.56. The number of benzene rings is 2. The van der Waals surface area contributed by atoms with E-state index in [1.165, 1.54) is 27.8 Å². The molecule has 24 heavy (non-hydrogen) atoms. The number of amidine groups is 1. The van der Waals surface area contributed by atoms with Crippen molar-refractivity contribution in [3.8, 4) is 11.1 Å². The first-order valence-electron chi connectivity index (χ1n) is 8.47. The Balaban J connectivity index is 1.36. The minimum Gasteiger partial charge on any atom is -0.305 e. The van der Waals surface area contributed by atoms with E-state index in [1.807, 2.05) is 0 Å². The van der Waals surface area contributed by atoms with E-state index in [0.29, 0.717) is 6.42 Å². The molecule has 1 aliphatic heterocycles. The molecule has 4 rings (SSSR count). The molecule has 0 unspecified atom stereocenters. The first-order valence-corrected chi connectivity index (χ1v) is 9.45. The quantitative estimate of drug-likeness (QED) is 0.787. The van der Waals surface area contributed by atoms with Crippen LogP contribution in [0.3, 0.4) is 0 Å². The Morgan fingerprint density at radius 1 is 1.12 bits per heavy atom. The average Bonchev–Trinajstić information content (AvgIpc) is 3.22. The molecule has 0 bridgehead atoms. The zero-order chi connectivity index (χ0) is 16.4. The standard InChI is InChI=1S/C20H20N2OS/c23-19(22-20-21-10-11-24-20)7-3-4-14-8-9-16-13-15-5-1-2-6-17(15)18(16)12-14/h1-2,5-6,8-9,12H,3-4,7,10-11,13H2,(H,21,22,23). The van der Waals surface area contributed by atoms with Gasteiger partial charge in [-0.15, -0.1) is 0 Å². The molecule has 2 aromatic rings. The maximum absolute atomic E-state index is 11.9. The topological polar surface area (TPSA) is 41.5 Å². The predicted molar refractivity (Wildman–Crippen MR) is 101 cm³/mol. The molecule has 4 heteroatoms. The van der Waals surface area contributed by atoms with Crippen LogP contribution < -0.4 is 5.32 Å². The van der Waals surface area contributed by atoms with Crippen molar-refractivity contribution in [3.63, 3.8) is 0 Å². The molecule has 1 amide bonds. The summed E-state index contributed by atoms with van der Waals surface area (Å²) < 4.78 is 0. The molecule has 0 radical (unpaired) electrons. The zero-order valence-corrected chi connectivity index (χ0v) is 14.4. The van der Waals surface area contributed by atoms with Crippen LogP contribution in [-0.4, -0.2) is 23.4 Å². The molecular formula is C20H20N2OS. The molecule has 0 saturated carbocycles. The zero-order valence-electron chi connectivity index (χ0n) is 13.5. The van der Waals surface area contributed by atoms with Crippen LogP contribution in [0.1, 0.15) is 29.5 Å². The number of aryl methyl sites for hydroxylation is 1. The number of carbonyl (C=O) groups is 1. The van der Waals surface area contributed by atoms with Gasteiger partial charge in [0.05, 0.1) is 6.54 Å². The summed E-state index contributed by atoms with van der Waals surface area (Å²) in [7, 11) is 0. The Kier molecular flexibility index (Phi) is 4.39. The van der Waals surface area contributed by atoms with Crippen LogP contribution in [0.15, 0.2) is 47.5 Å². The largest absolute Gasteiger partial charge is 0.305 e. The first-order chi connectivity index (χ1) is 11.8. The van der Waals surface area contributed by atoms with Gasteiger partial charge in [-0.05, 0) is 47.1 Å². The Bertz CT molecular complexity index is 813. The fraction of sp³-hybridized carbons (Fsp3) is 0.300. The molecule has 3 nitrogen and oxygen atoms in total. The normalized spacial score (nSPS) is 14.9. The summed E-state index contributed by atoms with van der Waals surface area (Å²) in [5, 5.41) is 3.68. The lowest BCUT2D eigenvalue weighted by Gasteiger charge is -2.07. The highest BCUT2D eigenvalue weighted by molar-refractivity contribution is 8.14. The molecule has 1 heterocycles. The van der Waals surface area contributed by atoms with Crippen molar-refractivity contribution in [2.45, 2.75) is 25.7 Å². The van der Waals surface area contributed by atoms with Gasteiger partial charge in [0.1, 0.15) is 0 Å². The Hall–Kier alpha value is -2.07. The number of hydrogen-bond donors (Lipinski definition) is 1. The third-order valence-corrected chi connectivity index (χ3v) is 5.46. The van der Waals surface area contributed by atoms with Gasteiger partial charge in [-0.3, -0.25) is 9.79 Å². The van der Waals surface area contributed by atoms with E-state index in [-0.39, 0.29) is 5.91 Å². The second-order valence-electron chi connectivity index (χ2n) is 6.26. The van der Waals surface area contributed by atoms with Crippen LogP contribution in [0.5, 0.6) is 0 Å². The van der Waals surface area contributed by atoms with Gasteiger partial charge in [-0.1, -0.05) is 54.2 Å². The van der Waals surface area contributed by atoms with Crippen molar-refractivity contribution in [2.24, 2.45) is 4.99 Å². The fourth-order valence-electron chi connectivity index (χ4n) is 3.37. The number of fused-ring (bicyclic) bond motifs is 3. The molecule has 2 aliphatic rings. The summed E-state index contributed by atoms with van der Waals surface area (Å²) in [6, 6.07) is 15.4. The summed E-state index contributed by atoms with van der Waals surface area (Å²) in [6.45, 7) is 0.816. The van der Waals surface area contributed by atoms with Gasteiger partial charge in [-0.25, -0.2) is 0 Å². The lowest BCUT2D eigenvalue weighted by atomic mass is 10.00. The molecule has 0 fully saturated rings. The number of nitrogens with zero attached hydrogens (tertiary/aromatic N) is 1. The number of rotatable bonds is 4. The lowest BCUT2D eigenvalue weighted by molar-refractivity contribution is -0.119. The van der Waals surface area contributed by atoms with E-state index in [1.54, 1.807) is 11.8 Å². The van der Waals surface area contributed by atoms with Crippen molar-refractivity contribution in [3.05, 3.63) is 59.2 Å². The van der Waals surface area contributed by atoms with E-state index in [9.17, 15) is 4.79 Å². The summed E-state index contributed by atoms with van der Waals surface area (Å²) >= 11 is 1.63. The maximum atomic E-state index is 11.9. The average molecular weight is 336 g/mol. The van der Waals surface area contributed by atoms with Crippen molar-refractivity contribution >= 4 is 22.8 Å². The molecule has 122 valence electrons.